The maximum atomic E-state index is 12.9. The summed E-state index contributed by atoms with van der Waals surface area (Å²) in [5, 5.41) is 0. The van der Waals surface area contributed by atoms with Crippen LogP contribution in [-0.2, 0) is 16.6 Å². The third-order valence-corrected chi connectivity index (χ3v) is 6.44. The fourth-order valence-electron chi connectivity index (χ4n) is 3.20. The predicted molar refractivity (Wildman–Crippen MR) is 85.6 cm³/mol. The molecule has 1 aromatic rings. The fraction of sp³-hybridized carbons (Fsp3) is 0.600. The fourth-order valence-corrected chi connectivity index (χ4v) is 4.94. The van der Waals surface area contributed by atoms with Gasteiger partial charge in [0, 0.05) is 25.3 Å². The van der Waals surface area contributed by atoms with Crippen LogP contribution >= 0.6 is 0 Å². The topological polar surface area (TPSA) is 66.6 Å². The Hall–Kier alpha value is -1.27. The minimum atomic E-state index is -3.42. The van der Waals surface area contributed by atoms with E-state index in [0.717, 1.165) is 48.9 Å². The largest absolute Gasteiger partial charge is 0.398 e. The van der Waals surface area contributed by atoms with Gasteiger partial charge in [-0.05, 0) is 43.4 Å². The second kappa shape index (κ2) is 5.50. The van der Waals surface area contributed by atoms with E-state index in [9.17, 15) is 8.42 Å². The quantitative estimate of drug-likeness (QED) is 0.850. The Kier molecular flexibility index (Phi) is 3.84. The number of nitrogens with two attached hydrogens (primary N) is 1. The summed E-state index contributed by atoms with van der Waals surface area (Å²) in [5.41, 5.74) is 9.49. The highest BCUT2D eigenvalue weighted by molar-refractivity contribution is 7.90. The van der Waals surface area contributed by atoms with Crippen LogP contribution in [0.4, 0.5) is 11.4 Å². The first kappa shape index (κ1) is 14.7. The van der Waals surface area contributed by atoms with Crippen LogP contribution < -0.4 is 10.0 Å². The van der Waals surface area contributed by atoms with E-state index < -0.39 is 10.2 Å². The molecule has 0 aliphatic carbocycles. The second-order valence-electron chi connectivity index (χ2n) is 5.98. The third kappa shape index (κ3) is 2.62. The average Bonchev–Trinajstić information content (AvgIpc) is 2.68. The highest BCUT2D eigenvalue weighted by Gasteiger charge is 2.34. The smallest absolute Gasteiger partial charge is 0.304 e. The minimum Gasteiger partial charge on any atom is -0.398 e. The number of nitrogens with zero attached hydrogens (tertiary/aromatic N) is 2. The lowest BCUT2D eigenvalue weighted by molar-refractivity contribution is 0.421. The van der Waals surface area contributed by atoms with Gasteiger partial charge in [0.15, 0.2) is 0 Å². The number of hydrogen-bond acceptors (Lipinski definition) is 3. The van der Waals surface area contributed by atoms with Crippen molar-refractivity contribution < 1.29 is 8.42 Å². The van der Waals surface area contributed by atoms with Crippen molar-refractivity contribution in [3.05, 3.63) is 23.3 Å². The average molecular weight is 309 g/mol. The molecule has 0 amide bonds. The summed E-state index contributed by atoms with van der Waals surface area (Å²) in [6.07, 6.45) is 4.92. The van der Waals surface area contributed by atoms with Crippen molar-refractivity contribution in [2.45, 2.75) is 39.0 Å². The van der Waals surface area contributed by atoms with Crippen LogP contribution in [0, 0.1) is 6.92 Å². The second-order valence-corrected chi connectivity index (χ2v) is 7.83. The molecule has 0 unspecified atom stereocenters. The molecule has 6 heteroatoms. The first-order valence-corrected chi connectivity index (χ1v) is 9.06. The summed E-state index contributed by atoms with van der Waals surface area (Å²) in [6, 6.07) is 3.83. The molecule has 1 saturated heterocycles. The van der Waals surface area contributed by atoms with E-state index in [2.05, 4.69) is 0 Å². The predicted octanol–water partition coefficient (Wildman–Crippen LogP) is 2.06. The van der Waals surface area contributed by atoms with E-state index in [1.54, 1.807) is 8.61 Å². The molecular weight excluding hydrogens is 286 g/mol. The molecule has 0 bridgehead atoms. The van der Waals surface area contributed by atoms with Crippen LogP contribution in [0.25, 0.3) is 0 Å². The van der Waals surface area contributed by atoms with E-state index in [1.165, 1.54) is 0 Å². The standard InChI is InChI=1S/C15H23N3O2S/c1-12-10-13-6-9-18(15(13)11-14(12)16)21(19,20)17-7-4-2-3-5-8-17/h10-11H,2-9,16H2,1H3. The molecule has 0 saturated carbocycles. The molecule has 0 spiro atoms. The summed E-state index contributed by atoms with van der Waals surface area (Å²) in [5.74, 6) is 0. The van der Waals surface area contributed by atoms with Gasteiger partial charge in [0.05, 0.1) is 5.69 Å². The van der Waals surface area contributed by atoms with Crippen molar-refractivity contribution in [1.82, 2.24) is 4.31 Å². The van der Waals surface area contributed by atoms with Crippen LogP contribution in [0.15, 0.2) is 12.1 Å². The maximum Gasteiger partial charge on any atom is 0.304 e. The van der Waals surface area contributed by atoms with Crippen LogP contribution in [0.5, 0.6) is 0 Å². The molecule has 2 aliphatic heterocycles. The number of hydrogen-bond donors (Lipinski definition) is 1. The van der Waals surface area contributed by atoms with Gasteiger partial charge in [-0.25, -0.2) is 0 Å². The van der Waals surface area contributed by atoms with Crippen molar-refractivity contribution in [1.29, 1.82) is 0 Å². The van der Waals surface area contributed by atoms with Crippen LogP contribution in [0.3, 0.4) is 0 Å². The van der Waals surface area contributed by atoms with Crippen LogP contribution in [0.1, 0.15) is 36.8 Å². The van der Waals surface area contributed by atoms with Crippen molar-refractivity contribution in [3.8, 4) is 0 Å². The first-order chi connectivity index (χ1) is 10.00. The number of benzene rings is 1. The molecular formula is C15H23N3O2S. The molecule has 1 fully saturated rings. The van der Waals surface area contributed by atoms with Crippen molar-refractivity contribution in [2.24, 2.45) is 0 Å². The Morgan fingerprint density at radius 3 is 2.38 bits per heavy atom. The van der Waals surface area contributed by atoms with E-state index in [1.807, 2.05) is 19.1 Å². The van der Waals surface area contributed by atoms with E-state index in [4.69, 9.17) is 5.73 Å². The summed E-state index contributed by atoms with van der Waals surface area (Å²) < 4.78 is 29.0. The highest BCUT2D eigenvalue weighted by Crippen LogP contribution is 2.35. The molecule has 21 heavy (non-hydrogen) atoms. The molecule has 0 radical (unpaired) electrons. The van der Waals surface area contributed by atoms with Crippen molar-refractivity contribution in [2.75, 3.05) is 29.7 Å². The first-order valence-electron chi connectivity index (χ1n) is 7.67. The molecule has 2 heterocycles. The number of aryl methyl sites for hydroxylation is 1. The highest BCUT2D eigenvalue weighted by atomic mass is 32.2. The monoisotopic (exact) mass is 309 g/mol. The SMILES string of the molecule is Cc1cc2c(cc1N)N(S(=O)(=O)N1CCCCCC1)CC2. The number of rotatable bonds is 2. The van der Waals surface area contributed by atoms with E-state index >= 15 is 0 Å². The van der Waals surface area contributed by atoms with Crippen LogP contribution in [-0.4, -0.2) is 32.4 Å². The van der Waals surface area contributed by atoms with Gasteiger partial charge in [-0.1, -0.05) is 18.9 Å². The maximum absolute atomic E-state index is 12.9. The normalized spacial score (nSPS) is 20.3. The van der Waals surface area contributed by atoms with Gasteiger partial charge in [-0.3, -0.25) is 4.31 Å². The lowest BCUT2D eigenvalue weighted by atomic mass is 10.1. The molecule has 2 N–H and O–H groups in total. The Labute approximate surface area is 126 Å². The Morgan fingerprint density at radius 1 is 1.05 bits per heavy atom. The zero-order valence-corrected chi connectivity index (χ0v) is 13.3. The summed E-state index contributed by atoms with van der Waals surface area (Å²) in [7, 11) is -3.42. The summed E-state index contributed by atoms with van der Waals surface area (Å²) >= 11 is 0. The lowest BCUT2D eigenvalue weighted by Gasteiger charge is -2.28. The molecule has 5 nitrogen and oxygen atoms in total. The minimum absolute atomic E-state index is 0.525. The van der Waals surface area contributed by atoms with Crippen LogP contribution in [0.2, 0.25) is 0 Å². The van der Waals surface area contributed by atoms with Gasteiger partial charge in [-0.15, -0.1) is 0 Å². The molecule has 116 valence electrons. The van der Waals surface area contributed by atoms with Gasteiger partial charge in [-0.2, -0.15) is 12.7 Å². The Morgan fingerprint density at radius 2 is 1.71 bits per heavy atom. The number of nitrogen functional groups attached to an aromatic ring is 1. The van der Waals surface area contributed by atoms with E-state index in [0.29, 0.717) is 25.3 Å². The Bertz CT molecular complexity index is 635. The zero-order valence-electron chi connectivity index (χ0n) is 12.5. The van der Waals surface area contributed by atoms with Gasteiger partial charge in [0.2, 0.25) is 0 Å². The van der Waals surface area contributed by atoms with Gasteiger partial charge in [0.1, 0.15) is 0 Å². The lowest BCUT2D eigenvalue weighted by Crippen LogP contribution is -2.43. The summed E-state index contributed by atoms with van der Waals surface area (Å²) in [4.78, 5) is 0. The third-order valence-electron chi connectivity index (χ3n) is 4.49. The van der Waals surface area contributed by atoms with Gasteiger partial charge in [0.25, 0.3) is 0 Å². The van der Waals surface area contributed by atoms with Gasteiger partial charge >= 0.3 is 10.2 Å². The van der Waals surface area contributed by atoms with Crippen molar-refractivity contribution >= 4 is 21.6 Å². The number of fused-ring (bicyclic) bond motifs is 1. The zero-order chi connectivity index (χ0) is 15.0. The van der Waals surface area contributed by atoms with Crippen molar-refractivity contribution in [3.63, 3.8) is 0 Å². The number of anilines is 2. The molecule has 2 aliphatic rings. The Balaban J connectivity index is 1.93. The van der Waals surface area contributed by atoms with Gasteiger partial charge < -0.3 is 5.73 Å². The van der Waals surface area contributed by atoms with E-state index in [-0.39, 0.29) is 0 Å². The summed E-state index contributed by atoms with van der Waals surface area (Å²) in [6.45, 7) is 3.75. The molecule has 1 aromatic carbocycles. The molecule has 3 rings (SSSR count). The molecule has 0 atom stereocenters. The molecule has 0 aromatic heterocycles.